The lowest BCUT2D eigenvalue weighted by Crippen LogP contribution is -2.53. The summed E-state index contributed by atoms with van der Waals surface area (Å²) in [6.45, 7) is 2.66. The quantitative estimate of drug-likeness (QED) is 0.381. The summed E-state index contributed by atoms with van der Waals surface area (Å²) >= 11 is 0. The molecule has 2 aliphatic heterocycles. The van der Waals surface area contributed by atoms with Gasteiger partial charge in [0.25, 0.3) is 5.91 Å². The minimum absolute atomic E-state index is 0.0173. The lowest BCUT2D eigenvalue weighted by atomic mass is 9.86. The molecule has 2 aromatic rings. The second-order valence-electron chi connectivity index (χ2n) is 10.3. The first-order valence-corrected chi connectivity index (χ1v) is 14.1. The fourth-order valence-electron chi connectivity index (χ4n) is 5.95. The zero-order valence-corrected chi connectivity index (χ0v) is 22.7. The van der Waals surface area contributed by atoms with Crippen LogP contribution in [0.4, 0.5) is 0 Å². The first kappa shape index (κ1) is 27.1. The van der Waals surface area contributed by atoms with E-state index >= 15 is 0 Å². The zero-order chi connectivity index (χ0) is 27.0. The molecule has 1 fully saturated rings. The maximum atomic E-state index is 14.2. The first-order chi connectivity index (χ1) is 19.2. The number of hydrogen-bond donors (Lipinski definition) is 3. The molecule has 3 atom stereocenters. The molecule has 3 heterocycles. The van der Waals surface area contributed by atoms with E-state index in [0.717, 1.165) is 49.2 Å². The summed E-state index contributed by atoms with van der Waals surface area (Å²) in [5.74, 6) is 0.569. The monoisotopic (exact) mass is 533 g/mol. The summed E-state index contributed by atoms with van der Waals surface area (Å²) in [6.07, 6.45) is 6.65. The second-order valence-corrected chi connectivity index (χ2v) is 10.3. The predicted octanol–water partition coefficient (Wildman–Crippen LogP) is 2.50. The van der Waals surface area contributed by atoms with Crippen LogP contribution in [-0.2, 0) is 20.7 Å². The number of aryl methyl sites for hydroxylation is 1. The average molecular weight is 534 g/mol. The topological polar surface area (TPSA) is 105 Å². The Bertz CT molecular complexity index is 1170. The highest BCUT2D eigenvalue weighted by Crippen LogP contribution is 2.43. The van der Waals surface area contributed by atoms with Crippen molar-refractivity contribution in [3.05, 3.63) is 71.2 Å². The molecule has 0 saturated heterocycles. The van der Waals surface area contributed by atoms with Crippen LogP contribution in [0.2, 0.25) is 0 Å². The van der Waals surface area contributed by atoms with Crippen LogP contribution in [0, 0.1) is 0 Å². The Labute approximate surface area is 230 Å². The minimum atomic E-state index is -0.541. The van der Waals surface area contributed by atoms with Gasteiger partial charge in [-0.05, 0) is 44.5 Å². The Morgan fingerprint density at radius 2 is 1.95 bits per heavy atom. The number of pyridine rings is 1. The smallest absolute Gasteiger partial charge is 0.251 e. The summed E-state index contributed by atoms with van der Waals surface area (Å²) in [4.78, 5) is 33.9. The number of hydrogen-bond acceptors (Lipinski definition) is 7. The summed E-state index contributed by atoms with van der Waals surface area (Å²) in [5, 5.41) is 9.75. The molecule has 208 valence electrons. The number of rotatable bonds is 11. The van der Waals surface area contributed by atoms with Crippen LogP contribution in [0.5, 0.6) is 5.75 Å². The highest BCUT2D eigenvalue weighted by atomic mass is 16.5. The number of nitrogens with zero attached hydrogens (tertiary/aromatic N) is 2. The van der Waals surface area contributed by atoms with Gasteiger partial charge in [-0.1, -0.05) is 37.1 Å². The molecule has 0 bridgehead atoms. The van der Waals surface area contributed by atoms with Crippen LogP contribution in [0.25, 0.3) is 0 Å². The van der Waals surface area contributed by atoms with E-state index in [4.69, 9.17) is 9.47 Å². The standard InChI is InChI=1S/C30H39N5O4/c1-31-16-17-38-18-19-39-26-12-5-2-9-22(26)29-28-24(20-33-30(28)37)34-23-10-3-4-11-25(23)35(29)27(36)14-13-21-8-6-7-15-32-21/h2,5-9,12,15,23,25,29,31,34H,3-4,10-11,13-14,16-20H2,1H3,(H,33,37)/t23-,25-,29-/m1/s1. The molecule has 3 N–H and O–H groups in total. The number of aromatic nitrogens is 1. The van der Waals surface area contributed by atoms with Crippen LogP contribution >= 0.6 is 0 Å². The molecule has 9 heteroatoms. The summed E-state index contributed by atoms with van der Waals surface area (Å²) in [6, 6.07) is 13.1. The molecule has 1 aromatic heterocycles. The minimum Gasteiger partial charge on any atom is -0.491 e. The van der Waals surface area contributed by atoms with Crippen molar-refractivity contribution in [1.82, 2.24) is 25.8 Å². The molecule has 9 nitrogen and oxygen atoms in total. The third kappa shape index (κ3) is 6.25. The second kappa shape index (κ2) is 13.1. The first-order valence-electron chi connectivity index (χ1n) is 14.1. The van der Waals surface area contributed by atoms with Gasteiger partial charge in [0.05, 0.1) is 37.4 Å². The molecule has 0 spiro atoms. The highest BCUT2D eigenvalue weighted by molar-refractivity contribution is 5.99. The molecule has 1 aromatic carbocycles. The van der Waals surface area contributed by atoms with Crippen molar-refractivity contribution in [2.24, 2.45) is 0 Å². The van der Waals surface area contributed by atoms with E-state index in [1.807, 2.05) is 54.4 Å². The number of para-hydroxylation sites is 1. The SMILES string of the molecule is CNCCOCCOc1ccccc1[C@@H]1C2=C(CNC2=O)N[C@@H]2CCCC[C@H]2N1C(=O)CCc1ccccn1. The Morgan fingerprint density at radius 1 is 1.10 bits per heavy atom. The molecular formula is C30H39N5O4. The van der Waals surface area contributed by atoms with Crippen LogP contribution in [0.3, 0.4) is 0 Å². The molecule has 0 unspecified atom stereocenters. The highest BCUT2D eigenvalue weighted by Gasteiger charge is 2.46. The molecule has 5 rings (SSSR count). The van der Waals surface area contributed by atoms with Crippen LogP contribution in [0.15, 0.2) is 59.9 Å². The van der Waals surface area contributed by atoms with Gasteiger partial charge >= 0.3 is 0 Å². The zero-order valence-electron chi connectivity index (χ0n) is 22.7. The van der Waals surface area contributed by atoms with E-state index in [9.17, 15) is 9.59 Å². The van der Waals surface area contributed by atoms with Gasteiger partial charge in [0.15, 0.2) is 0 Å². The van der Waals surface area contributed by atoms with Crippen LogP contribution in [0.1, 0.15) is 49.4 Å². The largest absolute Gasteiger partial charge is 0.491 e. The van der Waals surface area contributed by atoms with Crippen molar-refractivity contribution >= 4 is 11.8 Å². The number of nitrogens with one attached hydrogen (secondary N) is 3. The lowest BCUT2D eigenvalue weighted by molar-refractivity contribution is -0.137. The average Bonchev–Trinajstić information content (AvgIpc) is 3.24. The Hall–Kier alpha value is -3.43. The van der Waals surface area contributed by atoms with Gasteiger partial charge in [-0.15, -0.1) is 0 Å². The molecule has 39 heavy (non-hydrogen) atoms. The Balaban J connectivity index is 1.48. The third-order valence-corrected chi connectivity index (χ3v) is 7.80. The lowest BCUT2D eigenvalue weighted by Gasteiger charge is -2.43. The summed E-state index contributed by atoms with van der Waals surface area (Å²) in [7, 11) is 1.89. The summed E-state index contributed by atoms with van der Waals surface area (Å²) in [5.41, 5.74) is 3.23. The molecule has 0 radical (unpaired) electrons. The number of likely N-dealkylation sites (N-methyl/N-ethyl adjacent to an activating group) is 1. The number of ether oxygens (including phenoxy) is 2. The number of benzene rings is 1. The van der Waals surface area contributed by atoms with Crippen molar-refractivity contribution in [2.45, 2.75) is 56.7 Å². The van der Waals surface area contributed by atoms with E-state index in [1.54, 1.807) is 6.20 Å². The van der Waals surface area contributed by atoms with Gasteiger partial charge in [-0.2, -0.15) is 0 Å². The Kier molecular flexibility index (Phi) is 9.11. The van der Waals surface area contributed by atoms with Gasteiger partial charge in [0.2, 0.25) is 5.91 Å². The van der Waals surface area contributed by atoms with Crippen molar-refractivity contribution < 1.29 is 19.1 Å². The number of carbonyl (C=O) groups excluding carboxylic acids is 2. The van der Waals surface area contributed by atoms with E-state index in [-0.39, 0.29) is 23.9 Å². The van der Waals surface area contributed by atoms with Gasteiger partial charge in [-0.3, -0.25) is 14.6 Å². The van der Waals surface area contributed by atoms with E-state index in [1.165, 1.54) is 0 Å². The fourth-order valence-corrected chi connectivity index (χ4v) is 5.95. The number of amides is 2. The molecule has 1 aliphatic carbocycles. The van der Waals surface area contributed by atoms with Crippen molar-refractivity contribution in [3.8, 4) is 5.75 Å². The van der Waals surface area contributed by atoms with Crippen LogP contribution in [-0.4, -0.2) is 73.7 Å². The van der Waals surface area contributed by atoms with E-state index < -0.39 is 6.04 Å². The normalized spacial score (nSPS) is 22.4. The predicted molar refractivity (Wildman–Crippen MR) is 148 cm³/mol. The Morgan fingerprint density at radius 3 is 2.79 bits per heavy atom. The molecule has 2 amide bonds. The van der Waals surface area contributed by atoms with Gasteiger partial charge in [-0.25, -0.2) is 0 Å². The maximum absolute atomic E-state index is 14.2. The van der Waals surface area contributed by atoms with Crippen molar-refractivity contribution in [3.63, 3.8) is 0 Å². The summed E-state index contributed by atoms with van der Waals surface area (Å²) < 4.78 is 11.9. The maximum Gasteiger partial charge on any atom is 0.251 e. The van der Waals surface area contributed by atoms with Crippen molar-refractivity contribution in [1.29, 1.82) is 0 Å². The molecule has 3 aliphatic rings. The molecular weight excluding hydrogens is 494 g/mol. The van der Waals surface area contributed by atoms with E-state index in [2.05, 4.69) is 20.9 Å². The van der Waals surface area contributed by atoms with Crippen LogP contribution < -0.4 is 20.7 Å². The number of fused-ring (bicyclic) bond motifs is 1. The van der Waals surface area contributed by atoms with Crippen molar-refractivity contribution in [2.75, 3.05) is 40.0 Å². The number of carbonyl (C=O) groups is 2. The third-order valence-electron chi connectivity index (χ3n) is 7.80. The van der Waals surface area contributed by atoms with Gasteiger partial charge < -0.3 is 30.3 Å². The fraction of sp³-hybridized carbons (Fsp3) is 0.500. The molecule has 1 saturated carbocycles. The van der Waals surface area contributed by atoms with E-state index in [0.29, 0.717) is 50.5 Å². The van der Waals surface area contributed by atoms with Gasteiger partial charge in [0.1, 0.15) is 12.4 Å². The van der Waals surface area contributed by atoms with Gasteiger partial charge in [0, 0.05) is 42.2 Å².